The minimum Gasteiger partial charge on any atom is -0.409 e. The fraction of sp³-hybridized carbons (Fsp3) is 0.167. The lowest BCUT2D eigenvalue weighted by Gasteiger charge is -2.06. The van der Waals surface area contributed by atoms with Crippen LogP contribution in [0.4, 0.5) is 10.1 Å². The molecule has 0 aliphatic rings. The van der Waals surface area contributed by atoms with E-state index in [1.807, 2.05) is 13.2 Å². The summed E-state index contributed by atoms with van der Waals surface area (Å²) in [5, 5.41) is 18.6. The first-order valence-corrected chi connectivity index (χ1v) is 5.58. The number of hydrogen-bond acceptors (Lipinski definition) is 4. The number of rotatable bonds is 4. The molecule has 0 saturated heterocycles. The van der Waals surface area contributed by atoms with Crippen LogP contribution < -0.4 is 11.1 Å². The molecule has 2 aromatic rings. The molecule has 0 bridgehead atoms. The second-order valence-corrected chi connectivity index (χ2v) is 4.09. The predicted octanol–water partition coefficient (Wildman–Crippen LogP) is 1.27. The Morgan fingerprint density at radius 1 is 1.53 bits per heavy atom. The average molecular weight is 263 g/mol. The molecule has 0 atom stereocenters. The lowest BCUT2D eigenvalue weighted by atomic mass is 10.1. The van der Waals surface area contributed by atoms with Gasteiger partial charge in [-0.1, -0.05) is 5.16 Å². The van der Waals surface area contributed by atoms with Gasteiger partial charge >= 0.3 is 0 Å². The van der Waals surface area contributed by atoms with Crippen LogP contribution in [-0.4, -0.2) is 20.8 Å². The highest BCUT2D eigenvalue weighted by Gasteiger charge is 2.05. The number of oxime groups is 1. The molecule has 1 heterocycles. The number of nitrogens with two attached hydrogens (primary N) is 1. The van der Waals surface area contributed by atoms with Crippen molar-refractivity contribution in [3.63, 3.8) is 0 Å². The zero-order chi connectivity index (χ0) is 13.8. The van der Waals surface area contributed by atoms with Crippen molar-refractivity contribution in [2.45, 2.75) is 6.54 Å². The molecule has 0 radical (unpaired) electrons. The van der Waals surface area contributed by atoms with E-state index < -0.39 is 5.82 Å². The smallest absolute Gasteiger partial charge is 0.170 e. The Morgan fingerprint density at radius 2 is 2.32 bits per heavy atom. The molecular weight excluding hydrogens is 249 g/mol. The highest BCUT2D eigenvalue weighted by molar-refractivity contribution is 5.97. The van der Waals surface area contributed by atoms with Gasteiger partial charge in [0.05, 0.1) is 11.9 Å². The lowest BCUT2D eigenvalue weighted by molar-refractivity contribution is 0.318. The molecule has 7 heteroatoms. The van der Waals surface area contributed by atoms with Gasteiger partial charge < -0.3 is 16.3 Å². The maximum absolute atomic E-state index is 13.4. The van der Waals surface area contributed by atoms with Crippen LogP contribution in [0.15, 0.2) is 35.7 Å². The summed E-state index contributed by atoms with van der Waals surface area (Å²) in [6, 6.07) is 4.25. The Bertz CT molecular complexity index is 608. The van der Waals surface area contributed by atoms with Crippen molar-refractivity contribution in [1.29, 1.82) is 0 Å². The number of nitrogens with one attached hydrogen (secondary N) is 1. The predicted molar refractivity (Wildman–Crippen MR) is 69.4 cm³/mol. The molecule has 0 aliphatic heterocycles. The minimum absolute atomic E-state index is 0.123. The third kappa shape index (κ3) is 3.21. The molecule has 0 fully saturated rings. The van der Waals surface area contributed by atoms with Gasteiger partial charge in [-0.25, -0.2) is 4.39 Å². The van der Waals surface area contributed by atoms with Crippen molar-refractivity contribution in [3.05, 3.63) is 47.5 Å². The maximum atomic E-state index is 13.4. The fourth-order valence-electron chi connectivity index (χ4n) is 1.67. The first kappa shape index (κ1) is 12.9. The number of aryl methyl sites for hydroxylation is 1. The van der Waals surface area contributed by atoms with Crippen LogP contribution in [0.2, 0.25) is 0 Å². The monoisotopic (exact) mass is 263 g/mol. The van der Waals surface area contributed by atoms with E-state index in [0.717, 1.165) is 5.69 Å². The normalized spacial score (nSPS) is 11.6. The number of anilines is 1. The standard InChI is InChI=1S/C12H14FN5O/c1-18-7-11(6-16-18)15-5-8-2-9(12(14)17-19)4-10(13)3-8/h2-4,6-7,15,19H,5H2,1H3,(H2,14,17). The molecule has 2 rings (SSSR count). The van der Waals surface area contributed by atoms with Crippen LogP contribution in [0, 0.1) is 5.82 Å². The molecule has 0 amide bonds. The molecular formula is C12H14FN5O. The minimum atomic E-state index is -0.438. The molecule has 4 N–H and O–H groups in total. The van der Waals surface area contributed by atoms with Crippen LogP contribution in [0.3, 0.4) is 0 Å². The van der Waals surface area contributed by atoms with Crippen molar-refractivity contribution in [3.8, 4) is 0 Å². The summed E-state index contributed by atoms with van der Waals surface area (Å²) in [7, 11) is 1.81. The molecule has 0 saturated carbocycles. The third-order valence-electron chi connectivity index (χ3n) is 2.56. The highest BCUT2D eigenvalue weighted by Crippen LogP contribution is 2.12. The van der Waals surface area contributed by atoms with E-state index >= 15 is 0 Å². The second-order valence-electron chi connectivity index (χ2n) is 4.09. The van der Waals surface area contributed by atoms with Gasteiger partial charge in [-0.15, -0.1) is 0 Å². The summed E-state index contributed by atoms with van der Waals surface area (Å²) in [6.07, 6.45) is 3.48. The number of halogens is 1. The van der Waals surface area contributed by atoms with Crippen molar-refractivity contribution in [2.24, 2.45) is 17.9 Å². The summed E-state index contributed by atoms with van der Waals surface area (Å²) in [4.78, 5) is 0. The molecule has 0 unspecified atom stereocenters. The summed E-state index contributed by atoms with van der Waals surface area (Å²) in [6.45, 7) is 0.412. The molecule has 0 aliphatic carbocycles. The first-order valence-electron chi connectivity index (χ1n) is 5.58. The van der Waals surface area contributed by atoms with E-state index in [9.17, 15) is 4.39 Å². The molecule has 6 nitrogen and oxygen atoms in total. The van der Waals surface area contributed by atoms with E-state index in [0.29, 0.717) is 17.7 Å². The average Bonchev–Trinajstić information content (AvgIpc) is 2.80. The van der Waals surface area contributed by atoms with Gasteiger partial charge in [-0.05, 0) is 23.8 Å². The van der Waals surface area contributed by atoms with Crippen molar-refractivity contribution in [2.75, 3.05) is 5.32 Å². The Hall–Kier alpha value is -2.57. The summed E-state index contributed by atoms with van der Waals surface area (Å²) in [5.41, 5.74) is 7.30. The van der Waals surface area contributed by atoms with Crippen LogP contribution in [0.25, 0.3) is 0 Å². The number of benzene rings is 1. The largest absolute Gasteiger partial charge is 0.409 e. The maximum Gasteiger partial charge on any atom is 0.170 e. The Balaban J connectivity index is 2.14. The first-order chi connectivity index (χ1) is 9.08. The molecule has 1 aromatic heterocycles. The van der Waals surface area contributed by atoms with Gasteiger partial charge in [0, 0.05) is 25.4 Å². The molecule has 100 valence electrons. The summed E-state index contributed by atoms with van der Waals surface area (Å²) in [5.74, 6) is -0.561. The number of hydrogen-bond donors (Lipinski definition) is 3. The van der Waals surface area contributed by atoms with Crippen LogP contribution >= 0.6 is 0 Å². The highest BCUT2D eigenvalue weighted by atomic mass is 19.1. The number of nitrogens with zero attached hydrogens (tertiary/aromatic N) is 3. The zero-order valence-corrected chi connectivity index (χ0v) is 10.3. The van der Waals surface area contributed by atoms with E-state index in [2.05, 4.69) is 15.6 Å². The summed E-state index contributed by atoms with van der Waals surface area (Å²) < 4.78 is 15.1. The van der Waals surface area contributed by atoms with Crippen LogP contribution in [-0.2, 0) is 13.6 Å². The quantitative estimate of drug-likeness (QED) is 0.335. The second kappa shape index (κ2) is 5.38. The van der Waals surface area contributed by atoms with Crippen LogP contribution in [0.5, 0.6) is 0 Å². The third-order valence-corrected chi connectivity index (χ3v) is 2.56. The van der Waals surface area contributed by atoms with Crippen molar-refractivity contribution in [1.82, 2.24) is 9.78 Å². The van der Waals surface area contributed by atoms with Crippen molar-refractivity contribution >= 4 is 11.5 Å². The van der Waals surface area contributed by atoms with Gasteiger partial charge in [0.25, 0.3) is 0 Å². The Morgan fingerprint density at radius 3 is 2.95 bits per heavy atom. The van der Waals surface area contributed by atoms with E-state index in [-0.39, 0.29) is 5.84 Å². The Labute approximate surface area is 109 Å². The van der Waals surface area contributed by atoms with Gasteiger partial charge in [0.2, 0.25) is 0 Å². The van der Waals surface area contributed by atoms with Crippen molar-refractivity contribution < 1.29 is 9.60 Å². The van der Waals surface area contributed by atoms with Crippen LogP contribution in [0.1, 0.15) is 11.1 Å². The number of amidine groups is 1. The SMILES string of the molecule is Cn1cc(NCc2cc(F)cc(/C(N)=N/O)c2)cn1. The van der Waals surface area contributed by atoms with E-state index in [1.165, 1.54) is 12.1 Å². The fourth-order valence-corrected chi connectivity index (χ4v) is 1.67. The molecule has 1 aromatic carbocycles. The lowest BCUT2D eigenvalue weighted by Crippen LogP contribution is -2.14. The van der Waals surface area contributed by atoms with Gasteiger partial charge in [0.15, 0.2) is 5.84 Å². The topological polar surface area (TPSA) is 88.5 Å². The Kier molecular flexibility index (Phi) is 3.65. The van der Waals surface area contributed by atoms with Gasteiger partial charge in [-0.2, -0.15) is 5.10 Å². The molecule has 0 spiro atoms. The zero-order valence-electron chi connectivity index (χ0n) is 10.3. The number of aromatic nitrogens is 2. The van der Waals surface area contributed by atoms with Gasteiger partial charge in [-0.3, -0.25) is 4.68 Å². The van der Waals surface area contributed by atoms with E-state index in [4.69, 9.17) is 10.9 Å². The van der Waals surface area contributed by atoms with E-state index in [1.54, 1.807) is 16.9 Å². The van der Waals surface area contributed by atoms with Gasteiger partial charge in [0.1, 0.15) is 5.82 Å². The summed E-state index contributed by atoms with van der Waals surface area (Å²) >= 11 is 0. The molecule has 19 heavy (non-hydrogen) atoms.